The molecule has 0 saturated heterocycles. The van der Waals surface area contributed by atoms with Gasteiger partial charge in [0.2, 0.25) is 5.91 Å². The monoisotopic (exact) mass is 435 g/mol. The molecule has 0 atom stereocenters. The van der Waals surface area contributed by atoms with E-state index in [1.807, 2.05) is 37.3 Å². The van der Waals surface area contributed by atoms with Gasteiger partial charge in [0.25, 0.3) is 10.0 Å². The van der Waals surface area contributed by atoms with Crippen molar-refractivity contribution in [3.05, 3.63) is 77.9 Å². The fourth-order valence-electron chi connectivity index (χ4n) is 3.26. The number of hydrogen-bond acceptors (Lipinski definition) is 5. The van der Waals surface area contributed by atoms with E-state index >= 15 is 0 Å². The minimum atomic E-state index is -3.83. The summed E-state index contributed by atoms with van der Waals surface area (Å²) >= 11 is 0. The highest BCUT2D eigenvalue weighted by molar-refractivity contribution is 7.92. The number of carbonyl (C=O) groups is 1. The number of para-hydroxylation sites is 1. The van der Waals surface area contributed by atoms with E-state index in [0.29, 0.717) is 22.5 Å². The maximum Gasteiger partial charge on any atom is 0.262 e. The number of aryl methyl sites for hydroxylation is 2. The van der Waals surface area contributed by atoms with E-state index in [2.05, 4.69) is 20.4 Å². The van der Waals surface area contributed by atoms with Crippen molar-refractivity contribution in [2.75, 3.05) is 10.0 Å². The van der Waals surface area contributed by atoms with E-state index in [0.717, 1.165) is 11.1 Å². The van der Waals surface area contributed by atoms with Gasteiger partial charge in [-0.3, -0.25) is 9.52 Å². The van der Waals surface area contributed by atoms with Gasteiger partial charge in [0.1, 0.15) is 12.1 Å². The van der Waals surface area contributed by atoms with Crippen LogP contribution < -0.4 is 10.0 Å². The van der Waals surface area contributed by atoms with Crippen molar-refractivity contribution < 1.29 is 13.2 Å². The van der Waals surface area contributed by atoms with Crippen molar-refractivity contribution in [1.82, 2.24) is 15.0 Å². The lowest BCUT2D eigenvalue weighted by Crippen LogP contribution is -2.20. The van der Waals surface area contributed by atoms with Crippen LogP contribution in [0.5, 0.6) is 0 Å². The maximum absolute atomic E-state index is 12.9. The summed E-state index contributed by atoms with van der Waals surface area (Å²) in [5.74, 6) is -0.338. The molecule has 158 valence electrons. The van der Waals surface area contributed by atoms with Crippen LogP contribution in [-0.2, 0) is 21.4 Å². The van der Waals surface area contributed by atoms with Gasteiger partial charge in [0.05, 0.1) is 10.4 Å². The minimum absolute atomic E-state index is 0.0436. The molecule has 1 aromatic heterocycles. The number of sulfonamides is 1. The van der Waals surface area contributed by atoms with Gasteiger partial charge < -0.3 is 5.32 Å². The molecule has 0 saturated carbocycles. The number of aromatic nitrogens is 3. The standard InChI is InChI=1S/C22H21N5O3S/c1-15-6-5-7-18(12-15)25-31(29,30)21-13-17(11-10-16(21)2)23-22(28)14-27-20-9-4-3-8-19(20)24-26-27/h3-13,25H,14H2,1-2H3,(H,23,28). The predicted molar refractivity (Wildman–Crippen MR) is 119 cm³/mol. The summed E-state index contributed by atoms with van der Waals surface area (Å²) in [5, 5.41) is 10.8. The third kappa shape index (κ3) is 4.56. The van der Waals surface area contributed by atoms with Gasteiger partial charge in [0, 0.05) is 11.4 Å². The van der Waals surface area contributed by atoms with E-state index in [-0.39, 0.29) is 17.3 Å². The van der Waals surface area contributed by atoms with Gasteiger partial charge in [-0.1, -0.05) is 35.5 Å². The molecule has 1 amide bonds. The Kier molecular flexibility index (Phi) is 5.43. The van der Waals surface area contributed by atoms with Crippen LogP contribution in [0.1, 0.15) is 11.1 Å². The van der Waals surface area contributed by atoms with Crippen LogP contribution in [-0.4, -0.2) is 29.3 Å². The Morgan fingerprint density at radius 2 is 1.77 bits per heavy atom. The Balaban J connectivity index is 1.53. The number of benzene rings is 3. The van der Waals surface area contributed by atoms with Gasteiger partial charge in [-0.25, -0.2) is 13.1 Å². The average Bonchev–Trinajstić information content (AvgIpc) is 3.12. The zero-order chi connectivity index (χ0) is 22.0. The largest absolute Gasteiger partial charge is 0.324 e. The summed E-state index contributed by atoms with van der Waals surface area (Å²) in [6.07, 6.45) is 0. The van der Waals surface area contributed by atoms with E-state index in [4.69, 9.17) is 0 Å². The van der Waals surface area contributed by atoms with Crippen LogP contribution in [0.4, 0.5) is 11.4 Å². The molecular formula is C22H21N5O3S. The first-order chi connectivity index (χ1) is 14.8. The van der Waals surface area contributed by atoms with Gasteiger partial charge >= 0.3 is 0 Å². The molecule has 0 aliphatic heterocycles. The number of fused-ring (bicyclic) bond motifs is 1. The van der Waals surface area contributed by atoms with Gasteiger partial charge in [0.15, 0.2) is 0 Å². The van der Waals surface area contributed by atoms with Crippen LogP contribution in [0.3, 0.4) is 0 Å². The molecule has 31 heavy (non-hydrogen) atoms. The summed E-state index contributed by atoms with van der Waals surface area (Å²) in [6.45, 7) is 3.55. The molecule has 0 radical (unpaired) electrons. The second-order valence-electron chi connectivity index (χ2n) is 7.24. The molecular weight excluding hydrogens is 414 g/mol. The molecule has 0 unspecified atom stereocenters. The lowest BCUT2D eigenvalue weighted by Gasteiger charge is -2.13. The normalized spacial score (nSPS) is 11.4. The summed E-state index contributed by atoms with van der Waals surface area (Å²) in [6, 6.07) is 19.2. The van der Waals surface area contributed by atoms with Crippen LogP contribution >= 0.6 is 0 Å². The molecule has 8 nitrogen and oxygen atoms in total. The Labute approximate surface area is 180 Å². The molecule has 0 bridgehead atoms. The third-order valence-corrected chi connectivity index (χ3v) is 6.27. The number of nitrogens with zero attached hydrogens (tertiary/aromatic N) is 3. The predicted octanol–water partition coefficient (Wildman–Crippen LogP) is 3.49. The van der Waals surface area contributed by atoms with E-state index in [1.165, 1.54) is 10.7 Å². The number of carbonyl (C=O) groups excluding carboxylic acids is 1. The lowest BCUT2D eigenvalue weighted by atomic mass is 10.2. The molecule has 9 heteroatoms. The number of rotatable bonds is 6. The summed E-state index contributed by atoms with van der Waals surface area (Å²) in [7, 11) is -3.83. The Hall–Kier alpha value is -3.72. The van der Waals surface area contributed by atoms with Crippen molar-refractivity contribution in [1.29, 1.82) is 0 Å². The first kappa shape index (κ1) is 20.5. The Bertz CT molecular complexity index is 1380. The van der Waals surface area contributed by atoms with Crippen LogP contribution in [0.25, 0.3) is 11.0 Å². The highest BCUT2D eigenvalue weighted by Crippen LogP contribution is 2.23. The molecule has 0 aliphatic carbocycles. The van der Waals surface area contributed by atoms with Crippen molar-refractivity contribution in [3.8, 4) is 0 Å². The zero-order valence-corrected chi connectivity index (χ0v) is 17.8. The van der Waals surface area contributed by atoms with E-state index in [9.17, 15) is 13.2 Å². The lowest BCUT2D eigenvalue weighted by molar-refractivity contribution is -0.116. The maximum atomic E-state index is 12.9. The minimum Gasteiger partial charge on any atom is -0.324 e. The Morgan fingerprint density at radius 3 is 2.58 bits per heavy atom. The van der Waals surface area contributed by atoms with Gasteiger partial charge in [-0.15, -0.1) is 5.10 Å². The summed E-state index contributed by atoms with van der Waals surface area (Å²) in [5.41, 5.74) is 3.81. The quantitative estimate of drug-likeness (QED) is 0.482. The van der Waals surface area contributed by atoms with Crippen LogP contribution in [0.15, 0.2) is 71.6 Å². The fraction of sp³-hybridized carbons (Fsp3) is 0.136. The van der Waals surface area contributed by atoms with Gasteiger partial charge in [-0.2, -0.15) is 0 Å². The molecule has 0 fully saturated rings. The van der Waals surface area contributed by atoms with Gasteiger partial charge in [-0.05, 0) is 61.4 Å². The molecule has 1 heterocycles. The number of nitrogens with one attached hydrogen (secondary N) is 2. The van der Waals surface area contributed by atoms with Crippen LogP contribution in [0.2, 0.25) is 0 Å². The molecule has 3 aromatic carbocycles. The summed E-state index contributed by atoms with van der Waals surface area (Å²) < 4.78 is 29.9. The SMILES string of the molecule is Cc1cccc(NS(=O)(=O)c2cc(NC(=O)Cn3nnc4ccccc43)ccc2C)c1. The highest BCUT2D eigenvalue weighted by atomic mass is 32.2. The van der Waals surface area contributed by atoms with E-state index in [1.54, 1.807) is 37.3 Å². The number of amides is 1. The molecule has 0 aliphatic rings. The van der Waals surface area contributed by atoms with Crippen molar-refractivity contribution in [3.63, 3.8) is 0 Å². The van der Waals surface area contributed by atoms with Crippen molar-refractivity contribution >= 4 is 38.3 Å². The number of hydrogen-bond donors (Lipinski definition) is 2. The van der Waals surface area contributed by atoms with Crippen molar-refractivity contribution in [2.24, 2.45) is 0 Å². The highest BCUT2D eigenvalue weighted by Gasteiger charge is 2.18. The average molecular weight is 436 g/mol. The Morgan fingerprint density at radius 1 is 0.968 bits per heavy atom. The molecule has 4 rings (SSSR count). The number of anilines is 2. The molecule has 0 spiro atoms. The second kappa shape index (κ2) is 8.19. The summed E-state index contributed by atoms with van der Waals surface area (Å²) in [4.78, 5) is 12.6. The molecule has 4 aromatic rings. The first-order valence-corrected chi connectivity index (χ1v) is 11.1. The third-order valence-electron chi connectivity index (χ3n) is 4.75. The van der Waals surface area contributed by atoms with Crippen molar-refractivity contribution in [2.45, 2.75) is 25.3 Å². The topological polar surface area (TPSA) is 106 Å². The van der Waals surface area contributed by atoms with Crippen LogP contribution in [0, 0.1) is 13.8 Å². The van der Waals surface area contributed by atoms with E-state index < -0.39 is 10.0 Å². The second-order valence-corrected chi connectivity index (χ2v) is 8.89. The zero-order valence-electron chi connectivity index (χ0n) is 17.0. The first-order valence-electron chi connectivity index (χ1n) is 9.60. The molecule has 2 N–H and O–H groups in total. The smallest absolute Gasteiger partial charge is 0.262 e. The fourth-order valence-corrected chi connectivity index (χ4v) is 4.58.